The van der Waals surface area contributed by atoms with E-state index in [4.69, 9.17) is 5.73 Å². The largest absolute Gasteiger partial charge is 0.508 e. The number of nitrogens with one attached hydrogen (secondary N) is 2. The van der Waals surface area contributed by atoms with Crippen molar-refractivity contribution >= 4 is 34.0 Å². The van der Waals surface area contributed by atoms with Crippen molar-refractivity contribution in [3.05, 3.63) is 57.9 Å². The lowest BCUT2D eigenvalue weighted by molar-refractivity contribution is -0.149. The van der Waals surface area contributed by atoms with Crippen LogP contribution in [0, 0.1) is 11.8 Å². The molecule has 2 aromatic rings. The van der Waals surface area contributed by atoms with Crippen molar-refractivity contribution in [2.45, 2.75) is 49.9 Å². The van der Waals surface area contributed by atoms with E-state index in [2.05, 4.69) is 10.6 Å². The molecular weight excluding hydrogens is 490 g/mol. The number of amides is 1. The van der Waals surface area contributed by atoms with E-state index in [1.165, 1.54) is 7.05 Å². The number of hydrogen-bond donors (Lipinski definition) is 7. The first-order valence-electron chi connectivity index (χ1n) is 12.7. The summed E-state index contributed by atoms with van der Waals surface area (Å²) in [5.41, 5.74) is 4.19. The van der Waals surface area contributed by atoms with Crippen LogP contribution in [0.2, 0.25) is 0 Å². The van der Waals surface area contributed by atoms with Gasteiger partial charge < -0.3 is 36.8 Å². The van der Waals surface area contributed by atoms with Crippen molar-refractivity contribution in [2.24, 2.45) is 17.6 Å². The highest BCUT2D eigenvalue weighted by Gasteiger charge is 2.63. The van der Waals surface area contributed by atoms with Crippen molar-refractivity contribution in [3.63, 3.8) is 0 Å². The summed E-state index contributed by atoms with van der Waals surface area (Å²) in [7, 11) is 1.24. The summed E-state index contributed by atoms with van der Waals surface area (Å²) in [4.78, 5) is 39.0. The molecule has 1 amide bonds. The fraction of sp³-hybridized carbons (Fsp3) is 0.393. The van der Waals surface area contributed by atoms with Crippen molar-refractivity contribution in [2.75, 3.05) is 7.05 Å². The number of likely N-dealkylation sites (N-methyl/N-ethyl adjacent to an activating group) is 1. The van der Waals surface area contributed by atoms with Crippen molar-refractivity contribution in [3.8, 4) is 5.75 Å². The fourth-order valence-electron chi connectivity index (χ4n) is 6.30. The average molecular weight is 520 g/mol. The van der Waals surface area contributed by atoms with Gasteiger partial charge in [0.1, 0.15) is 22.8 Å². The Balaban J connectivity index is 1.48. The number of rotatable bonds is 4. The Morgan fingerprint density at radius 3 is 2.58 bits per heavy atom. The molecule has 0 radical (unpaired) electrons. The van der Waals surface area contributed by atoms with Gasteiger partial charge in [-0.25, -0.2) is 0 Å². The van der Waals surface area contributed by atoms with E-state index >= 15 is 0 Å². The lowest BCUT2D eigenvalue weighted by Crippen LogP contribution is -2.65. The third-order valence-electron chi connectivity index (χ3n) is 8.50. The van der Waals surface area contributed by atoms with Gasteiger partial charge in [-0.2, -0.15) is 0 Å². The van der Waals surface area contributed by atoms with Crippen LogP contribution in [-0.2, 0) is 27.3 Å². The highest BCUT2D eigenvalue weighted by atomic mass is 16.3. The summed E-state index contributed by atoms with van der Waals surface area (Å²) in [5.74, 6) is -6.45. The molecule has 0 bridgehead atoms. The topological polar surface area (TPSA) is 182 Å². The molecule has 6 rings (SSSR count). The maximum atomic E-state index is 13.8. The number of ketones is 2. The van der Waals surface area contributed by atoms with Crippen LogP contribution in [0.5, 0.6) is 5.75 Å². The van der Waals surface area contributed by atoms with Gasteiger partial charge in [0, 0.05) is 36.5 Å². The molecule has 2 saturated carbocycles. The van der Waals surface area contributed by atoms with Gasteiger partial charge in [-0.3, -0.25) is 14.4 Å². The third-order valence-corrected chi connectivity index (χ3v) is 8.50. The monoisotopic (exact) mass is 519 g/mol. The molecule has 198 valence electrons. The molecule has 10 heteroatoms. The lowest BCUT2D eigenvalue weighted by atomic mass is 9.58. The number of nitrogens with two attached hydrogens (primary N) is 1. The van der Waals surface area contributed by atoms with Crippen LogP contribution in [0.1, 0.15) is 36.0 Å². The average Bonchev–Trinajstić information content (AvgIpc) is 3.72. The first kappa shape index (κ1) is 24.6. The standard InChI is InChI=1S/C28H29N3O7/c1-30-27(37)20-24(34)21(29)17-9-14-8-13-7-12-3-2-11(10-31-15-4-5-15)6-16(12)22(32)18(13)23(33)19(14)25(35)28(17,38)26(20)36/h2-3,6-7,14-15,17,21,31-33,36,38H,4-5,8-10,29H2,1H3,(H,30,37)/t14-,17-,21-,28-/m0/s1. The summed E-state index contributed by atoms with van der Waals surface area (Å²) < 4.78 is 0. The Morgan fingerprint density at radius 1 is 1.16 bits per heavy atom. The highest BCUT2D eigenvalue weighted by molar-refractivity contribution is 6.24. The molecule has 0 saturated heterocycles. The third kappa shape index (κ3) is 3.34. The second-order valence-electron chi connectivity index (χ2n) is 10.8. The zero-order valence-electron chi connectivity index (χ0n) is 20.7. The van der Waals surface area contributed by atoms with Crippen LogP contribution in [0.15, 0.2) is 41.2 Å². The molecule has 10 nitrogen and oxygen atoms in total. The second kappa shape index (κ2) is 8.39. The number of aliphatic hydroxyl groups excluding tert-OH is 2. The van der Waals surface area contributed by atoms with Gasteiger partial charge in [0.2, 0.25) is 5.78 Å². The maximum Gasteiger partial charge on any atom is 0.258 e. The Hall–Kier alpha value is -3.73. The Morgan fingerprint density at radius 2 is 1.89 bits per heavy atom. The van der Waals surface area contributed by atoms with Gasteiger partial charge in [0.05, 0.1) is 11.6 Å². The van der Waals surface area contributed by atoms with Crippen LogP contribution in [0.25, 0.3) is 16.5 Å². The molecule has 0 aliphatic heterocycles. The van der Waals surface area contributed by atoms with Gasteiger partial charge in [0.25, 0.3) is 5.91 Å². The second-order valence-corrected chi connectivity index (χ2v) is 10.8. The molecule has 2 aromatic carbocycles. The van der Waals surface area contributed by atoms with Gasteiger partial charge in [-0.15, -0.1) is 0 Å². The number of aliphatic hydroxyl groups is 3. The quantitative estimate of drug-likeness (QED) is 0.290. The normalized spacial score (nSPS) is 28.8. The maximum absolute atomic E-state index is 13.8. The highest BCUT2D eigenvalue weighted by Crippen LogP contribution is 2.52. The van der Waals surface area contributed by atoms with E-state index in [1.54, 1.807) is 0 Å². The van der Waals surface area contributed by atoms with E-state index < -0.39 is 58.0 Å². The number of phenolic OH excluding ortho intramolecular Hbond substituents is 1. The SMILES string of the molecule is CNC(=O)C1=C(O)[C@@]2(O)C(=O)C3=C(O)c4c(cc5ccc(CNC6CC6)cc5c4O)C[C@H]3C[C@H]2[C@H](N)C1=O. The summed E-state index contributed by atoms with van der Waals surface area (Å²) >= 11 is 0. The van der Waals surface area contributed by atoms with E-state index in [0.717, 1.165) is 23.8 Å². The predicted octanol–water partition coefficient (Wildman–Crippen LogP) is 1.03. The molecule has 4 aliphatic carbocycles. The van der Waals surface area contributed by atoms with Crippen LogP contribution in [0.4, 0.5) is 0 Å². The number of aromatic hydroxyl groups is 1. The van der Waals surface area contributed by atoms with Gasteiger partial charge in [0.15, 0.2) is 11.4 Å². The summed E-state index contributed by atoms with van der Waals surface area (Å²) in [5, 5.41) is 52.0. The molecule has 0 spiro atoms. The molecule has 4 aliphatic rings. The molecule has 2 fully saturated rings. The number of carbonyl (C=O) groups is 3. The van der Waals surface area contributed by atoms with Crippen molar-refractivity contribution < 1.29 is 34.8 Å². The molecule has 8 N–H and O–H groups in total. The van der Waals surface area contributed by atoms with Crippen LogP contribution in [-0.4, -0.2) is 62.6 Å². The molecule has 38 heavy (non-hydrogen) atoms. The Labute approximate surface area is 217 Å². The predicted molar refractivity (Wildman–Crippen MR) is 137 cm³/mol. The fourth-order valence-corrected chi connectivity index (χ4v) is 6.30. The first-order valence-corrected chi connectivity index (χ1v) is 12.7. The minimum absolute atomic E-state index is 0.00361. The van der Waals surface area contributed by atoms with Gasteiger partial charge in [-0.05, 0) is 54.2 Å². The van der Waals surface area contributed by atoms with E-state index in [0.29, 0.717) is 23.5 Å². The summed E-state index contributed by atoms with van der Waals surface area (Å²) in [6.45, 7) is 0.636. The zero-order chi connectivity index (χ0) is 27.1. The van der Waals surface area contributed by atoms with Crippen molar-refractivity contribution in [1.82, 2.24) is 10.6 Å². The minimum Gasteiger partial charge on any atom is -0.508 e. The van der Waals surface area contributed by atoms with E-state index in [-0.39, 0.29) is 29.7 Å². The smallest absolute Gasteiger partial charge is 0.258 e. The minimum atomic E-state index is -2.67. The molecule has 4 atom stereocenters. The zero-order valence-corrected chi connectivity index (χ0v) is 20.7. The summed E-state index contributed by atoms with van der Waals surface area (Å²) in [6.07, 6.45) is 2.54. The van der Waals surface area contributed by atoms with Crippen LogP contribution in [0.3, 0.4) is 0 Å². The number of phenols is 1. The lowest BCUT2D eigenvalue weighted by Gasteiger charge is -2.48. The van der Waals surface area contributed by atoms with Crippen LogP contribution >= 0.6 is 0 Å². The molecule has 0 heterocycles. The molecular formula is C28H29N3O7. The van der Waals surface area contributed by atoms with Crippen molar-refractivity contribution in [1.29, 1.82) is 0 Å². The summed E-state index contributed by atoms with van der Waals surface area (Å²) in [6, 6.07) is 6.67. The molecule has 0 aromatic heterocycles. The van der Waals surface area contributed by atoms with E-state index in [9.17, 15) is 34.8 Å². The van der Waals surface area contributed by atoms with Gasteiger partial charge >= 0.3 is 0 Å². The first-order chi connectivity index (χ1) is 18.1. The number of carbonyl (C=O) groups excluding carboxylic acids is 3. The number of fused-ring (bicyclic) bond motifs is 4. The number of hydrogen-bond acceptors (Lipinski definition) is 9. The number of Topliss-reactive ketones (excluding diaryl/α,β-unsaturated/α-hetero) is 2. The van der Waals surface area contributed by atoms with Crippen LogP contribution < -0.4 is 16.4 Å². The van der Waals surface area contributed by atoms with Gasteiger partial charge in [-0.1, -0.05) is 18.2 Å². The van der Waals surface area contributed by atoms with E-state index in [1.807, 2.05) is 24.3 Å². The number of benzene rings is 2. The molecule has 0 unspecified atom stereocenters. The Kier molecular flexibility index (Phi) is 5.43. The Bertz CT molecular complexity index is 1510.